The average molecular weight is 416 g/mol. The van der Waals surface area contributed by atoms with Crippen LogP contribution in [0.15, 0.2) is 34.9 Å². The summed E-state index contributed by atoms with van der Waals surface area (Å²) in [5.74, 6) is -1.59. The molecule has 0 saturated carbocycles. The van der Waals surface area contributed by atoms with E-state index in [1.54, 1.807) is 12.1 Å². The predicted octanol–water partition coefficient (Wildman–Crippen LogP) is 4.58. The third kappa shape index (κ3) is 4.63. The lowest BCUT2D eigenvalue weighted by molar-refractivity contribution is 0.0957. The van der Waals surface area contributed by atoms with Crippen LogP contribution in [0.2, 0.25) is 0 Å². The molecule has 0 N–H and O–H groups in total. The van der Waals surface area contributed by atoms with Crippen LogP contribution in [0.1, 0.15) is 24.4 Å². The lowest BCUT2D eigenvalue weighted by Crippen LogP contribution is -2.38. The number of carbonyl (C=O) groups is 1. The summed E-state index contributed by atoms with van der Waals surface area (Å²) in [4.78, 5) is 20.7. The topological polar surface area (TPSA) is 49.6 Å². The van der Waals surface area contributed by atoms with Gasteiger partial charge in [-0.15, -0.1) is 12.4 Å². The second kappa shape index (κ2) is 9.25. The van der Waals surface area contributed by atoms with Gasteiger partial charge >= 0.3 is 0 Å². The number of fused-ring (bicyclic) bond motifs is 1. The molecule has 0 unspecified atom stereocenters. The number of amides is 1. The number of aromatic nitrogens is 1. The lowest BCUT2D eigenvalue weighted by atomic mass is 10.3. The Kier molecular flexibility index (Phi) is 7.29. The third-order valence-electron chi connectivity index (χ3n) is 4.14. The van der Waals surface area contributed by atoms with Crippen LogP contribution in [0.3, 0.4) is 0 Å². The molecule has 0 aliphatic heterocycles. The Labute approximate surface area is 166 Å². The van der Waals surface area contributed by atoms with Crippen LogP contribution in [0.5, 0.6) is 0 Å². The Hall–Kier alpha value is -2.03. The average Bonchev–Trinajstić information content (AvgIpc) is 3.28. The van der Waals surface area contributed by atoms with Crippen LogP contribution in [-0.2, 0) is 0 Å². The Morgan fingerprint density at radius 2 is 1.96 bits per heavy atom. The fourth-order valence-electron chi connectivity index (χ4n) is 2.66. The summed E-state index contributed by atoms with van der Waals surface area (Å²) in [6.07, 6.45) is 1.42. The quantitative estimate of drug-likeness (QED) is 0.566. The Morgan fingerprint density at radius 3 is 2.59 bits per heavy atom. The lowest BCUT2D eigenvalue weighted by Gasteiger charge is -2.24. The number of halogens is 3. The van der Waals surface area contributed by atoms with Crippen LogP contribution in [0.4, 0.5) is 13.9 Å². The normalized spacial score (nSPS) is 11.0. The number of hydrogen-bond donors (Lipinski definition) is 0. The van der Waals surface area contributed by atoms with Crippen LogP contribution < -0.4 is 4.90 Å². The maximum Gasteiger partial charge on any atom is 0.295 e. The first-order valence-electron chi connectivity index (χ1n) is 8.36. The van der Waals surface area contributed by atoms with Gasteiger partial charge < -0.3 is 9.32 Å². The fourth-order valence-corrected chi connectivity index (χ4v) is 3.69. The van der Waals surface area contributed by atoms with Crippen molar-refractivity contribution in [2.45, 2.75) is 13.8 Å². The van der Waals surface area contributed by atoms with E-state index in [0.717, 1.165) is 30.5 Å². The summed E-state index contributed by atoms with van der Waals surface area (Å²) < 4.78 is 33.0. The Balaban J connectivity index is 0.00000261. The summed E-state index contributed by atoms with van der Waals surface area (Å²) in [7, 11) is 0. The largest absolute Gasteiger partial charge is 0.459 e. The van der Waals surface area contributed by atoms with E-state index in [-0.39, 0.29) is 29.6 Å². The van der Waals surface area contributed by atoms with Gasteiger partial charge in [0, 0.05) is 19.2 Å². The number of furan rings is 1. The van der Waals surface area contributed by atoms with Crippen molar-refractivity contribution in [2.24, 2.45) is 0 Å². The molecule has 0 fully saturated rings. The standard InChI is InChI=1S/C18H19F2N3O2S.ClH/c1-3-22(4-2)7-8-23(17(24)14-6-5-9-25-14)18-21-16-13(20)10-12(19)11-15(16)26-18;/h5-6,9-11H,3-4,7-8H2,1-2H3;1H. The molecule has 0 spiro atoms. The summed E-state index contributed by atoms with van der Waals surface area (Å²) in [5, 5.41) is 0.318. The number of thiazole rings is 1. The van der Waals surface area contributed by atoms with Gasteiger partial charge in [0.2, 0.25) is 0 Å². The minimum atomic E-state index is -0.739. The van der Waals surface area contributed by atoms with Gasteiger partial charge in [-0.2, -0.15) is 0 Å². The second-order valence-electron chi connectivity index (χ2n) is 5.69. The zero-order valence-electron chi connectivity index (χ0n) is 14.9. The van der Waals surface area contributed by atoms with Crippen LogP contribution in [-0.4, -0.2) is 42.0 Å². The molecule has 0 aliphatic carbocycles. The van der Waals surface area contributed by atoms with Gasteiger partial charge in [-0.05, 0) is 31.3 Å². The Bertz CT molecular complexity index is 898. The number of carbonyl (C=O) groups excluding carboxylic acids is 1. The first kappa shape index (κ1) is 21.3. The highest BCUT2D eigenvalue weighted by Gasteiger charge is 2.24. The first-order valence-corrected chi connectivity index (χ1v) is 9.18. The SMILES string of the molecule is CCN(CC)CCN(C(=O)c1ccco1)c1nc2c(F)cc(F)cc2s1.Cl. The van der Waals surface area contributed by atoms with Gasteiger partial charge in [0.1, 0.15) is 11.3 Å². The molecule has 146 valence electrons. The molecule has 1 aromatic carbocycles. The van der Waals surface area contributed by atoms with Crippen molar-refractivity contribution >= 4 is 45.0 Å². The molecular formula is C18H20ClF2N3O2S. The number of anilines is 1. The third-order valence-corrected chi connectivity index (χ3v) is 5.17. The highest BCUT2D eigenvalue weighted by molar-refractivity contribution is 7.22. The van der Waals surface area contributed by atoms with E-state index in [0.29, 0.717) is 22.9 Å². The summed E-state index contributed by atoms with van der Waals surface area (Å²) in [6, 6.07) is 5.21. The van der Waals surface area contributed by atoms with Crippen molar-refractivity contribution in [3.8, 4) is 0 Å². The Morgan fingerprint density at radius 1 is 1.22 bits per heavy atom. The van der Waals surface area contributed by atoms with Crippen molar-refractivity contribution in [2.75, 3.05) is 31.1 Å². The van der Waals surface area contributed by atoms with E-state index >= 15 is 0 Å². The molecule has 3 aromatic rings. The van der Waals surface area contributed by atoms with Crippen LogP contribution in [0.25, 0.3) is 10.2 Å². The number of likely N-dealkylation sites (N-methyl/N-ethyl adjacent to an activating group) is 1. The summed E-state index contributed by atoms with van der Waals surface area (Å²) in [5.41, 5.74) is 0.0616. The van der Waals surface area contributed by atoms with Gasteiger partial charge in [-0.1, -0.05) is 25.2 Å². The van der Waals surface area contributed by atoms with Crippen molar-refractivity contribution in [3.05, 3.63) is 47.9 Å². The van der Waals surface area contributed by atoms with E-state index in [1.807, 2.05) is 13.8 Å². The molecular weight excluding hydrogens is 396 g/mol. The minimum absolute atomic E-state index is 0. The molecule has 1 amide bonds. The van der Waals surface area contributed by atoms with E-state index < -0.39 is 11.6 Å². The fraction of sp³-hybridized carbons (Fsp3) is 0.333. The molecule has 0 aliphatic rings. The molecule has 2 aromatic heterocycles. The van der Waals surface area contributed by atoms with Crippen molar-refractivity contribution < 1.29 is 18.0 Å². The molecule has 0 radical (unpaired) electrons. The van der Waals surface area contributed by atoms with Gasteiger partial charge in [0.05, 0.1) is 11.0 Å². The number of benzene rings is 1. The molecule has 0 atom stereocenters. The van der Waals surface area contributed by atoms with Gasteiger partial charge in [-0.3, -0.25) is 9.69 Å². The minimum Gasteiger partial charge on any atom is -0.459 e. The van der Waals surface area contributed by atoms with E-state index in [4.69, 9.17) is 4.42 Å². The summed E-state index contributed by atoms with van der Waals surface area (Å²) in [6.45, 7) is 6.77. The smallest absolute Gasteiger partial charge is 0.295 e. The maximum atomic E-state index is 14.0. The van der Waals surface area contributed by atoms with Crippen LogP contribution in [0, 0.1) is 11.6 Å². The highest BCUT2D eigenvalue weighted by Crippen LogP contribution is 2.32. The monoisotopic (exact) mass is 415 g/mol. The highest BCUT2D eigenvalue weighted by atomic mass is 35.5. The number of rotatable bonds is 7. The van der Waals surface area contributed by atoms with Gasteiger partial charge in [-0.25, -0.2) is 13.8 Å². The van der Waals surface area contributed by atoms with Crippen molar-refractivity contribution in [3.63, 3.8) is 0 Å². The molecule has 0 bridgehead atoms. The first-order chi connectivity index (χ1) is 12.5. The van der Waals surface area contributed by atoms with Crippen molar-refractivity contribution in [1.82, 2.24) is 9.88 Å². The predicted molar refractivity (Wildman–Crippen MR) is 105 cm³/mol. The number of nitrogens with zero attached hydrogens (tertiary/aromatic N) is 3. The summed E-state index contributed by atoms with van der Waals surface area (Å²) >= 11 is 1.08. The van der Waals surface area contributed by atoms with E-state index in [1.165, 1.54) is 17.2 Å². The molecule has 2 heterocycles. The van der Waals surface area contributed by atoms with E-state index in [2.05, 4.69) is 9.88 Å². The number of hydrogen-bond acceptors (Lipinski definition) is 5. The van der Waals surface area contributed by atoms with E-state index in [9.17, 15) is 13.6 Å². The zero-order chi connectivity index (χ0) is 18.7. The molecule has 3 rings (SSSR count). The van der Waals surface area contributed by atoms with Crippen molar-refractivity contribution in [1.29, 1.82) is 0 Å². The molecule has 27 heavy (non-hydrogen) atoms. The van der Waals surface area contributed by atoms with Crippen LogP contribution >= 0.6 is 23.7 Å². The zero-order valence-corrected chi connectivity index (χ0v) is 16.6. The molecule has 9 heteroatoms. The maximum absolute atomic E-state index is 14.0. The molecule has 0 saturated heterocycles. The molecule has 5 nitrogen and oxygen atoms in total. The van der Waals surface area contributed by atoms with Gasteiger partial charge in [0.25, 0.3) is 5.91 Å². The second-order valence-corrected chi connectivity index (χ2v) is 6.70. The van der Waals surface area contributed by atoms with Gasteiger partial charge in [0.15, 0.2) is 16.7 Å².